The Morgan fingerprint density at radius 1 is 1.33 bits per heavy atom. The molecule has 0 amide bonds. The molecular weight excluding hydrogens is 188 g/mol. The Morgan fingerprint density at radius 2 is 2.20 bits per heavy atom. The minimum absolute atomic E-state index is 0.184. The summed E-state index contributed by atoms with van der Waals surface area (Å²) in [6, 6.07) is 4.32. The molecule has 15 heavy (non-hydrogen) atoms. The highest BCUT2D eigenvalue weighted by molar-refractivity contribution is 5.23. The summed E-state index contributed by atoms with van der Waals surface area (Å²) in [7, 11) is 0. The number of hydrogen-bond donors (Lipinski definition) is 1. The summed E-state index contributed by atoms with van der Waals surface area (Å²) in [6.07, 6.45) is 2.37. The largest absolute Gasteiger partial charge is 0.314 e. The van der Waals surface area contributed by atoms with Gasteiger partial charge in [-0.15, -0.1) is 0 Å². The molecule has 3 nitrogen and oxygen atoms in total. The van der Waals surface area contributed by atoms with Gasteiger partial charge in [-0.2, -0.15) is 0 Å². The lowest BCUT2D eigenvalue weighted by molar-refractivity contribution is 0.393. The van der Waals surface area contributed by atoms with Gasteiger partial charge in [0.05, 0.1) is 0 Å². The predicted molar refractivity (Wildman–Crippen MR) is 59.3 cm³/mol. The Labute approximate surface area is 89.1 Å². The molecule has 80 valence electrons. The third-order valence-corrected chi connectivity index (χ3v) is 3.64. The number of nitrogens with one attached hydrogen (secondary N) is 1. The van der Waals surface area contributed by atoms with E-state index < -0.39 is 0 Å². The van der Waals surface area contributed by atoms with Crippen LogP contribution in [0.3, 0.4) is 0 Å². The van der Waals surface area contributed by atoms with Crippen LogP contribution in [-0.2, 0) is 0 Å². The van der Waals surface area contributed by atoms with Gasteiger partial charge in [0.15, 0.2) is 0 Å². The molecule has 3 aliphatic rings. The number of fused-ring (bicyclic) bond motifs is 3. The molecule has 4 rings (SSSR count). The van der Waals surface area contributed by atoms with Crippen LogP contribution in [0.1, 0.15) is 36.1 Å². The van der Waals surface area contributed by atoms with E-state index in [9.17, 15) is 4.79 Å². The van der Waals surface area contributed by atoms with Crippen LogP contribution in [-0.4, -0.2) is 17.7 Å². The second-order valence-corrected chi connectivity index (χ2v) is 4.75. The maximum absolute atomic E-state index is 12.0. The van der Waals surface area contributed by atoms with Crippen molar-refractivity contribution in [3.63, 3.8) is 0 Å². The maximum Gasteiger partial charge on any atom is 0.251 e. The highest BCUT2D eigenvalue weighted by Gasteiger charge is 2.30. The second-order valence-electron chi connectivity index (χ2n) is 4.75. The summed E-state index contributed by atoms with van der Waals surface area (Å²) in [5, 5.41) is 3.44. The maximum atomic E-state index is 12.0. The third kappa shape index (κ3) is 1.34. The van der Waals surface area contributed by atoms with E-state index in [-0.39, 0.29) is 5.56 Å². The topological polar surface area (TPSA) is 34.0 Å². The van der Waals surface area contributed by atoms with E-state index in [1.54, 1.807) is 6.07 Å². The first kappa shape index (κ1) is 9.16. The summed E-state index contributed by atoms with van der Waals surface area (Å²) in [6.45, 7) is 3.99. The Kier molecular flexibility index (Phi) is 1.96. The first-order valence-corrected chi connectivity index (χ1v) is 5.69. The molecule has 0 aliphatic carbocycles. The van der Waals surface area contributed by atoms with Crippen LogP contribution >= 0.6 is 0 Å². The zero-order valence-corrected chi connectivity index (χ0v) is 8.99. The molecule has 1 fully saturated rings. The van der Waals surface area contributed by atoms with Crippen LogP contribution in [0.25, 0.3) is 0 Å². The van der Waals surface area contributed by atoms with Crippen LogP contribution in [0.2, 0.25) is 0 Å². The molecule has 3 heteroatoms. The van der Waals surface area contributed by atoms with Crippen molar-refractivity contribution in [1.82, 2.24) is 9.88 Å². The molecular formula is C12H16N2O. The molecule has 3 aliphatic heterocycles. The van der Waals surface area contributed by atoms with Gasteiger partial charge in [0.1, 0.15) is 0 Å². The van der Waals surface area contributed by atoms with Crippen LogP contribution in [0.4, 0.5) is 0 Å². The van der Waals surface area contributed by atoms with Gasteiger partial charge in [-0.1, -0.05) is 0 Å². The molecule has 0 radical (unpaired) electrons. The van der Waals surface area contributed by atoms with E-state index in [2.05, 4.69) is 11.4 Å². The Morgan fingerprint density at radius 3 is 3.07 bits per heavy atom. The molecule has 1 aromatic rings. The highest BCUT2D eigenvalue weighted by Crippen LogP contribution is 2.33. The van der Waals surface area contributed by atoms with Gasteiger partial charge >= 0.3 is 0 Å². The molecule has 0 aromatic carbocycles. The number of pyridine rings is 1. The van der Waals surface area contributed by atoms with Gasteiger partial charge in [0.25, 0.3) is 5.56 Å². The van der Waals surface area contributed by atoms with Crippen molar-refractivity contribution in [3.8, 4) is 0 Å². The zero-order valence-electron chi connectivity index (χ0n) is 8.99. The van der Waals surface area contributed by atoms with Gasteiger partial charge in [-0.05, 0) is 31.4 Å². The SMILES string of the molecule is Cc1cc2n(c(=O)c1)C1CCC2CNC1. The van der Waals surface area contributed by atoms with Crippen molar-refractivity contribution in [3.05, 3.63) is 33.7 Å². The Hall–Kier alpha value is -1.09. The molecule has 1 aromatic heterocycles. The Balaban J connectivity index is 2.26. The van der Waals surface area contributed by atoms with Crippen molar-refractivity contribution in [1.29, 1.82) is 0 Å². The summed E-state index contributed by atoms with van der Waals surface area (Å²) in [5.74, 6) is 0.538. The lowest BCUT2D eigenvalue weighted by Crippen LogP contribution is -2.32. The first-order chi connectivity index (χ1) is 7.25. The second kappa shape index (κ2) is 3.20. The molecule has 0 saturated carbocycles. The van der Waals surface area contributed by atoms with E-state index in [1.807, 2.05) is 11.5 Å². The fraction of sp³-hybridized carbons (Fsp3) is 0.583. The lowest BCUT2D eigenvalue weighted by Gasteiger charge is -2.28. The first-order valence-electron chi connectivity index (χ1n) is 5.69. The van der Waals surface area contributed by atoms with Crippen molar-refractivity contribution in [2.75, 3.05) is 13.1 Å². The smallest absolute Gasteiger partial charge is 0.251 e. The number of nitrogens with zero attached hydrogens (tertiary/aromatic N) is 1. The minimum atomic E-state index is 0.184. The van der Waals surface area contributed by atoms with E-state index >= 15 is 0 Å². The van der Waals surface area contributed by atoms with Gasteiger partial charge < -0.3 is 9.88 Å². The van der Waals surface area contributed by atoms with E-state index in [0.717, 1.165) is 25.1 Å². The summed E-state index contributed by atoms with van der Waals surface area (Å²) in [4.78, 5) is 12.0. The summed E-state index contributed by atoms with van der Waals surface area (Å²) >= 11 is 0. The summed E-state index contributed by atoms with van der Waals surface area (Å²) < 4.78 is 2.02. The van der Waals surface area contributed by atoms with Gasteiger partial charge in [-0.3, -0.25) is 4.79 Å². The third-order valence-electron chi connectivity index (χ3n) is 3.64. The molecule has 2 bridgehead atoms. The standard InChI is InChI=1S/C12H16N2O/c1-8-4-11-9-2-3-10(7-13-6-9)14(11)12(15)5-8/h4-5,9-10,13H,2-3,6-7H2,1H3. The van der Waals surface area contributed by atoms with Crippen LogP contribution in [0.5, 0.6) is 0 Å². The molecule has 2 atom stereocenters. The molecule has 0 spiro atoms. The quantitative estimate of drug-likeness (QED) is 0.688. The number of aryl methyl sites for hydroxylation is 1. The minimum Gasteiger partial charge on any atom is -0.314 e. The fourth-order valence-electron chi connectivity index (χ4n) is 2.94. The lowest BCUT2D eigenvalue weighted by atomic mass is 9.92. The highest BCUT2D eigenvalue weighted by atomic mass is 16.1. The van der Waals surface area contributed by atoms with Crippen molar-refractivity contribution < 1.29 is 0 Å². The van der Waals surface area contributed by atoms with Gasteiger partial charge in [0, 0.05) is 36.8 Å². The molecule has 1 N–H and O–H groups in total. The van der Waals surface area contributed by atoms with Crippen molar-refractivity contribution in [2.24, 2.45) is 0 Å². The van der Waals surface area contributed by atoms with Gasteiger partial charge in [0.2, 0.25) is 0 Å². The van der Waals surface area contributed by atoms with E-state index in [0.29, 0.717) is 12.0 Å². The van der Waals surface area contributed by atoms with Crippen LogP contribution < -0.4 is 10.9 Å². The van der Waals surface area contributed by atoms with E-state index in [1.165, 1.54) is 12.1 Å². The Bertz CT molecular complexity index is 445. The number of hydrogen-bond acceptors (Lipinski definition) is 2. The zero-order chi connectivity index (χ0) is 10.4. The van der Waals surface area contributed by atoms with Crippen LogP contribution in [0, 0.1) is 6.92 Å². The van der Waals surface area contributed by atoms with Gasteiger partial charge in [-0.25, -0.2) is 0 Å². The monoisotopic (exact) mass is 204 g/mol. The normalized spacial score (nSPS) is 28.6. The molecule has 2 unspecified atom stereocenters. The van der Waals surface area contributed by atoms with E-state index in [4.69, 9.17) is 0 Å². The average molecular weight is 204 g/mol. The average Bonchev–Trinajstić information content (AvgIpc) is 2.50. The molecule has 4 heterocycles. The number of rotatable bonds is 0. The number of aromatic nitrogens is 1. The van der Waals surface area contributed by atoms with Crippen molar-refractivity contribution >= 4 is 0 Å². The summed E-state index contributed by atoms with van der Waals surface area (Å²) in [5.41, 5.74) is 2.53. The van der Waals surface area contributed by atoms with Crippen molar-refractivity contribution in [2.45, 2.75) is 31.7 Å². The van der Waals surface area contributed by atoms with Crippen LogP contribution in [0.15, 0.2) is 16.9 Å². The fourth-order valence-corrected chi connectivity index (χ4v) is 2.94. The molecule has 1 saturated heterocycles. The predicted octanol–water partition coefficient (Wildman–Crippen LogP) is 1.18.